The van der Waals surface area contributed by atoms with Gasteiger partial charge in [-0.05, 0) is 72.0 Å². The maximum absolute atomic E-state index is 11.2. The van der Waals surface area contributed by atoms with Crippen LogP contribution in [0.25, 0.3) is 11.1 Å². The van der Waals surface area contributed by atoms with Crippen LogP contribution in [-0.4, -0.2) is 29.0 Å². The highest BCUT2D eigenvalue weighted by Gasteiger charge is 2.28. The Morgan fingerprint density at radius 2 is 1.61 bits per heavy atom. The zero-order chi connectivity index (χ0) is 25.5. The Bertz CT molecular complexity index is 1290. The summed E-state index contributed by atoms with van der Waals surface area (Å²) in [5.74, 6) is 0.811. The molecule has 0 heterocycles. The number of hydrogen-bond donors (Lipinski definition) is 5. The average Bonchev–Trinajstić information content (AvgIpc) is 2.93. The van der Waals surface area contributed by atoms with Crippen LogP contribution in [0.5, 0.6) is 11.5 Å². The average molecular weight is 485 g/mol. The second-order valence-corrected chi connectivity index (χ2v) is 8.84. The van der Waals surface area contributed by atoms with Crippen molar-refractivity contribution in [3.63, 3.8) is 0 Å². The topological polar surface area (TPSA) is 108 Å². The number of ether oxygens (including phenoxy) is 1. The fourth-order valence-electron chi connectivity index (χ4n) is 4.27. The fourth-order valence-corrected chi connectivity index (χ4v) is 4.27. The van der Waals surface area contributed by atoms with Gasteiger partial charge >= 0.3 is 0 Å². The molecule has 0 saturated carbocycles. The molecule has 4 rings (SSSR count). The molecule has 36 heavy (non-hydrogen) atoms. The van der Waals surface area contributed by atoms with Crippen LogP contribution in [0, 0.1) is 0 Å². The van der Waals surface area contributed by atoms with E-state index in [-0.39, 0.29) is 18.9 Å². The molecule has 0 aliphatic carbocycles. The van der Waals surface area contributed by atoms with Gasteiger partial charge in [-0.1, -0.05) is 48.5 Å². The monoisotopic (exact) mass is 484 g/mol. The standard InChI is InChI=1S/C30H32N2O4/c1-36-29-14-12-26(18-27(29)22-5-3-2-4-6-22)32-25-10-7-21(8-11-25)15-16-30(35,20-31)24-9-13-28(34)23(17-24)19-33/h2-14,17-18,32-35H,15-16,19-20,31H2,1H3. The third-order valence-electron chi connectivity index (χ3n) is 6.48. The van der Waals surface area contributed by atoms with Gasteiger partial charge < -0.3 is 31.1 Å². The number of hydrogen-bond acceptors (Lipinski definition) is 6. The summed E-state index contributed by atoms with van der Waals surface area (Å²) in [4.78, 5) is 0. The molecule has 0 saturated heterocycles. The molecule has 4 aromatic rings. The molecule has 0 bridgehead atoms. The molecule has 4 aromatic carbocycles. The number of aryl methyl sites for hydroxylation is 1. The number of phenols is 1. The Morgan fingerprint density at radius 1 is 0.889 bits per heavy atom. The Morgan fingerprint density at radius 3 is 2.28 bits per heavy atom. The van der Waals surface area contributed by atoms with Gasteiger partial charge in [0.05, 0.1) is 13.7 Å². The summed E-state index contributed by atoms with van der Waals surface area (Å²) in [7, 11) is 1.67. The number of nitrogens with one attached hydrogen (secondary N) is 1. The van der Waals surface area contributed by atoms with Crippen LogP contribution in [0.4, 0.5) is 11.4 Å². The number of aliphatic hydroxyl groups excluding tert-OH is 1. The van der Waals surface area contributed by atoms with Crippen molar-refractivity contribution in [2.24, 2.45) is 5.73 Å². The van der Waals surface area contributed by atoms with E-state index < -0.39 is 5.60 Å². The molecular weight excluding hydrogens is 452 g/mol. The van der Waals surface area contributed by atoms with Crippen molar-refractivity contribution >= 4 is 11.4 Å². The normalized spacial score (nSPS) is 12.7. The lowest BCUT2D eigenvalue weighted by Gasteiger charge is -2.28. The summed E-state index contributed by atoms with van der Waals surface area (Å²) in [5.41, 5.74) is 10.7. The predicted octanol–water partition coefficient (Wildman–Crippen LogP) is 5.08. The number of aliphatic hydroxyl groups is 2. The van der Waals surface area contributed by atoms with Crippen LogP contribution < -0.4 is 15.8 Å². The molecule has 6 nitrogen and oxygen atoms in total. The van der Waals surface area contributed by atoms with Gasteiger partial charge in [0.1, 0.15) is 17.1 Å². The molecule has 186 valence electrons. The third-order valence-corrected chi connectivity index (χ3v) is 6.48. The summed E-state index contributed by atoms with van der Waals surface area (Å²) in [6, 6.07) is 28.9. The first-order valence-electron chi connectivity index (χ1n) is 11.9. The van der Waals surface area contributed by atoms with E-state index in [1.165, 1.54) is 6.07 Å². The molecule has 0 radical (unpaired) electrons. The highest BCUT2D eigenvalue weighted by atomic mass is 16.5. The first-order valence-corrected chi connectivity index (χ1v) is 11.9. The minimum atomic E-state index is -1.26. The second kappa shape index (κ2) is 11.3. The van der Waals surface area contributed by atoms with Crippen LogP contribution in [0.15, 0.2) is 91.0 Å². The molecule has 6 N–H and O–H groups in total. The van der Waals surface area contributed by atoms with Gasteiger partial charge in [-0.2, -0.15) is 0 Å². The van der Waals surface area contributed by atoms with Gasteiger partial charge in [0, 0.05) is 29.0 Å². The molecule has 0 aliphatic heterocycles. The van der Waals surface area contributed by atoms with E-state index in [0.29, 0.717) is 24.0 Å². The first-order chi connectivity index (χ1) is 17.5. The van der Waals surface area contributed by atoms with Crippen LogP contribution in [-0.2, 0) is 18.6 Å². The lowest BCUT2D eigenvalue weighted by molar-refractivity contribution is 0.0368. The molecule has 1 unspecified atom stereocenters. The molecule has 0 aromatic heterocycles. The van der Waals surface area contributed by atoms with Crippen LogP contribution in [0.2, 0.25) is 0 Å². The maximum Gasteiger partial charge on any atom is 0.126 e. The molecule has 0 fully saturated rings. The molecule has 0 aliphatic rings. The Labute approximate surface area is 211 Å². The van der Waals surface area contributed by atoms with E-state index >= 15 is 0 Å². The van der Waals surface area contributed by atoms with Gasteiger partial charge in [-0.3, -0.25) is 0 Å². The van der Waals surface area contributed by atoms with Crippen LogP contribution in [0.3, 0.4) is 0 Å². The number of nitrogens with two attached hydrogens (primary N) is 1. The van der Waals surface area contributed by atoms with E-state index in [1.54, 1.807) is 19.2 Å². The number of benzene rings is 4. The molecule has 6 heteroatoms. The van der Waals surface area contributed by atoms with Crippen molar-refractivity contribution in [2.75, 3.05) is 19.0 Å². The Hall–Kier alpha value is -3.84. The smallest absolute Gasteiger partial charge is 0.126 e. The zero-order valence-electron chi connectivity index (χ0n) is 20.3. The minimum Gasteiger partial charge on any atom is -0.508 e. The Kier molecular flexibility index (Phi) is 7.90. The number of rotatable bonds is 10. The quantitative estimate of drug-likeness (QED) is 0.215. The zero-order valence-corrected chi connectivity index (χ0v) is 20.3. The molecule has 0 spiro atoms. The van der Waals surface area contributed by atoms with E-state index in [9.17, 15) is 15.3 Å². The molecule has 1 atom stereocenters. The van der Waals surface area contributed by atoms with Gasteiger partial charge in [0.15, 0.2) is 0 Å². The first kappa shape index (κ1) is 25.3. The van der Waals surface area contributed by atoms with Gasteiger partial charge in [0.2, 0.25) is 0 Å². The maximum atomic E-state index is 11.2. The van der Waals surface area contributed by atoms with Crippen LogP contribution in [0.1, 0.15) is 23.1 Å². The van der Waals surface area contributed by atoms with Crippen molar-refractivity contribution in [1.29, 1.82) is 0 Å². The highest BCUT2D eigenvalue weighted by molar-refractivity contribution is 5.76. The van der Waals surface area contributed by atoms with Crippen molar-refractivity contribution in [1.82, 2.24) is 0 Å². The number of anilines is 2. The molecular formula is C30H32N2O4. The third kappa shape index (κ3) is 5.69. The minimum absolute atomic E-state index is 0.00328. The lowest BCUT2D eigenvalue weighted by Crippen LogP contribution is -2.35. The van der Waals surface area contributed by atoms with Gasteiger partial charge in [0.25, 0.3) is 0 Å². The van der Waals surface area contributed by atoms with E-state index in [2.05, 4.69) is 23.5 Å². The van der Waals surface area contributed by atoms with Crippen molar-refractivity contribution in [2.45, 2.75) is 25.0 Å². The van der Waals surface area contributed by atoms with Crippen molar-refractivity contribution < 1.29 is 20.1 Å². The predicted molar refractivity (Wildman–Crippen MR) is 143 cm³/mol. The lowest BCUT2D eigenvalue weighted by atomic mass is 9.86. The van der Waals surface area contributed by atoms with Gasteiger partial charge in [-0.15, -0.1) is 0 Å². The largest absolute Gasteiger partial charge is 0.508 e. The highest BCUT2D eigenvalue weighted by Crippen LogP contribution is 2.34. The van der Waals surface area contributed by atoms with Crippen molar-refractivity contribution in [3.05, 3.63) is 108 Å². The summed E-state index contributed by atoms with van der Waals surface area (Å²) >= 11 is 0. The van der Waals surface area contributed by atoms with Crippen molar-refractivity contribution in [3.8, 4) is 22.6 Å². The SMILES string of the molecule is COc1ccc(Nc2ccc(CCC(O)(CN)c3ccc(O)c(CO)c3)cc2)cc1-c1ccccc1. The second-order valence-electron chi connectivity index (χ2n) is 8.84. The summed E-state index contributed by atoms with van der Waals surface area (Å²) < 4.78 is 5.55. The van der Waals surface area contributed by atoms with Gasteiger partial charge in [-0.25, -0.2) is 0 Å². The van der Waals surface area contributed by atoms with Crippen LogP contribution >= 0.6 is 0 Å². The summed E-state index contributed by atoms with van der Waals surface area (Å²) in [6.07, 6.45) is 1.02. The van der Waals surface area contributed by atoms with E-state index in [0.717, 1.165) is 33.8 Å². The van der Waals surface area contributed by atoms with E-state index in [4.69, 9.17) is 10.5 Å². The summed E-state index contributed by atoms with van der Waals surface area (Å²) in [6.45, 7) is -0.278. The summed E-state index contributed by atoms with van der Waals surface area (Å²) in [5, 5.41) is 33.9. The number of aromatic hydroxyl groups is 1. The Balaban J connectivity index is 1.45. The number of methoxy groups -OCH3 is 1. The molecule has 0 amide bonds. The van der Waals surface area contributed by atoms with E-state index in [1.807, 2.05) is 54.6 Å². The fraction of sp³-hybridized carbons (Fsp3) is 0.200.